The van der Waals surface area contributed by atoms with Crippen molar-refractivity contribution < 1.29 is 9.47 Å². The Kier molecular flexibility index (Phi) is 5.16. The molecule has 128 valence electrons. The zero-order chi connectivity index (χ0) is 15.6. The van der Waals surface area contributed by atoms with Gasteiger partial charge in [0.2, 0.25) is 0 Å². The Morgan fingerprint density at radius 2 is 1.73 bits per heavy atom. The maximum absolute atomic E-state index is 6.39. The van der Waals surface area contributed by atoms with Gasteiger partial charge in [0, 0.05) is 19.4 Å². The van der Waals surface area contributed by atoms with Crippen LogP contribution >= 0.6 is 0 Å². The van der Waals surface area contributed by atoms with E-state index in [4.69, 9.17) is 9.47 Å². The average molecular weight is 309 g/mol. The quantitative estimate of drug-likeness (QED) is 0.779. The van der Waals surface area contributed by atoms with Gasteiger partial charge in [-0.15, -0.1) is 0 Å². The number of hydrogen-bond donors (Lipinski definition) is 0. The van der Waals surface area contributed by atoms with Gasteiger partial charge in [0.1, 0.15) is 0 Å². The van der Waals surface area contributed by atoms with Gasteiger partial charge in [-0.1, -0.05) is 27.2 Å². The third kappa shape index (κ3) is 4.04. The minimum Gasteiger partial charge on any atom is -0.347 e. The highest BCUT2D eigenvalue weighted by molar-refractivity contribution is 4.89. The summed E-state index contributed by atoms with van der Waals surface area (Å²) < 4.78 is 12.5. The summed E-state index contributed by atoms with van der Waals surface area (Å²) in [4.78, 5) is 2.61. The van der Waals surface area contributed by atoms with Crippen LogP contribution in [0.25, 0.3) is 0 Å². The summed E-state index contributed by atoms with van der Waals surface area (Å²) in [7, 11) is 0. The SMILES string of the molecule is CC(C)(C)C1CCC2(CC1)OCC(CCN1CCCCC1)O2. The van der Waals surface area contributed by atoms with Crippen LogP contribution in [0, 0.1) is 11.3 Å². The van der Waals surface area contributed by atoms with Crippen molar-refractivity contribution in [1.82, 2.24) is 4.90 Å². The van der Waals surface area contributed by atoms with Crippen molar-refractivity contribution in [1.29, 1.82) is 0 Å². The molecule has 3 rings (SSSR count). The molecule has 0 aromatic rings. The molecule has 3 aliphatic rings. The summed E-state index contributed by atoms with van der Waals surface area (Å²) in [6.45, 7) is 11.7. The molecule has 1 atom stereocenters. The topological polar surface area (TPSA) is 21.7 Å². The van der Waals surface area contributed by atoms with Gasteiger partial charge in [0.05, 0.1) is 12.7 Å². The molecule has 0 N–H and O–H groups in total. The van der Waals surface area contributed by atoms with Gasteiger partial charge in [-0.2, -0.15) is 0 Å². The molecule has 1 unspecified atom stereocenters. The first-order valence-corrected chi connectivity index (χ1v) is 9.51. The molecule has 2 heterocycles. The Morgan fingerprint density at radius 1 is 1.05 bits per heavy atom. The van der Waals surface area contributed by atoms with Gasteiger partial charge < -0.3 is 14.4 Å². The zero-order valence-corrected chi connectivity index (χ0v) is 14.9. The molecule has 2 saturated heterocycles. The Balaban J connectivity index is 1.42. The molecule has 0 aromatic carbocycles. The van der Waals surface area contributed by atoms with Crippen molar-refractivity contribution in [3.8, 4) is 0 Å². The molecular formula is C19H35NO2. The molecular weight excluding hydrogens is 274 g/mol. The standard InChI is InChI=1S/C19H35NO2/c1-18(2,3)16-7-10-19(11-8-16)21-15-17(22-19)9-14-20-12-5-4-6-13-20/h16-17H,4-15H2,1-3H3. The van der Waals surface area contributed by atoms with E-state index in [1.807, 2.05) is 0 Å². The van der Waals surface area contributed by atoms with Crippen molar-refractivity contribution in [3.05, 3.63) is 0 Å². The fourth-order valence-electron chi connectivity index (χ4n) is 4.45. The normalized spacial score (nSPS) is 37.8. The highest BCUT2D eigenvalue weighted by atomic mass is 16.7. The minimum atomic E-state index is -0.228. The lowest BCUT2D eigenvalue weighted by Gasteiger charge is -2.41. The second kappa shape index (κ2) is 6.78. The van der Waals surface area contributed by atoms with Crippen molar-refractivity contribution >= 4 is 0 Å². The molecule has 22 heavy (non-hydrogen) atoms. The Morgan fingerprint density at radius 3 is 2.36 bits per heavy atom. The smallest absolute Gasteiger partial charge is 0.168 e. The fraction of sp³-hybridized carbons (Fsp3) is 1.00. The first kappa shape index (κ1) is 16.7. The van der Waals surface area contributed by atoms with Crippen LogP contribution in [0.4, 0.5) is 0 Å². The lowest BCUT2D eigenvalue weighted by atomic mass is 9.71. The number of ether oxygens (including phenoxy) is 2. The lowest BCUT2D eigenvalue weighted by Crippen LogP contribution is -2.39. The van der Waals surface area contributed by atoms with Gasteiger partial charge in [0.25, 0.3) is 0 Å². The van der Waals surface area contributed by atoms with Crippen LogP contribution in [-0.2, 0) is 9.47 Å². The monoisotopic (exact) mass is 309 g/mol. The molecule has 1 saturated carbocycles. The van der Waals surface area contributed by atoms with Crippen LogP contribution < -0.4 is 0 Å². The second-order valence-corrected chi connectivity index (χ2v) is 8.79. The van der Waals surface area contributed by atoms with E-state index in [1.54, 1.807) is 0 Å². The zero-order valence-electron chi connectivity index (χ0n) is 14.9. The minimum absolute atomic E-state index is 0.228. The summed E-state index contributed by atoms with van der Waals surface area (Å²) in [6, 6.07) is 0. The summed E-state index contributed by atoms with van der Waals surface area (Å²) >= 11 is 0. The van der Waals surface area contributed by atoms with E-state index in [2.05, 4.69) is 25.7 Å². The fourth-order valence-corrected chi connectivity index (χ4v) is 4.45. The van der Waals surface area contributed by atoms with Crippen LogP contribution in [0.1, 0.15) is 72.1 Å². The molecule has 3 heteroatoms. The molecule has 0 bridgehead atoms. The van der Waals surface area contributed by atoms with Gasteiger partial charge in [0.15, 0.2) is 5.79 Å². The van der Waals surface area contributed by atoms with Crippen molar-refractivity contribution in [2.24, 2.45) is 11.3 Å². The highest BCUT2D eigenvalue weighted by Crippen LogP contribution is 2.45. The lowest BCUT2D eigenvalue weighted by molar-refractivity contribution is -0.197. The van der Waals surface area contributed by atoms with Crippen molar-refractivity contribution in [2.75, 3.05) is 26.2 Å². The van der Waals surface area contributed by atoms with Crippen molar-refractivity contribution in [3.63, 3.8) is 0 Å². The van der Waals surface area contributed by atoms with E-state index in [-0.39, 0.29) is 5.79 Å². The number of likely N-dealkylation sites (tertiary alicyclic amines) is 1. The van der Waals surface area contributed by atoms with Gasteiger partial charge in [-0.25, -0.2) is 0 Å². The van der Waals surface area contributed by atoms with E-state index in [0.717, 1.165) is 31.8 Å². The maximum atomic E-state index is 6.39. The third-order valence-corrected chi connectivity index (χ3v) is 6.10. The van der Waals surface area contributed by atoms with Crippen LogP contribution in [0.15, 0.2) is 0 Å². The molecule has 3 nitrogen and oxygen atoms in total. The van der Waals surface area contributed by atoms with Gasteiger partial charge in [-0.05, 0) is 56.5 Å². The highest BCUT2D eigenvalue weighted by Gasteiger charge is 2.45. The van der Waals surface area contributed by atoms with Crippen LogP contribution in [0.2, 0.25) is 0 Å². The molecule has 1 spiro atoms. The van der Waals surface area contributed by atoms with Crippen LogP contribution in [0.5, 0.6) is 0 Å². The van der Waals surface area contributed by atoms with Crippen LogP contribution in [-0.4, -0.2) is 43.0 Å². The van der Waals surface area contributed by atoms with Gasteiger partial charge in [-0.3, -0.25) is 0 Å². The van der Waals surface area contributed by atoms with E-state index in [1.165, 1.54) is 51.7 Å². The van der Waals surface area contributed by atoms with E-state index in [9.17, 15) is 0 Å². The number of piperidine rings is 1. The average Bonchev–Trinajstić information content (AvgIpc) is 2.89. The number of hydrogen-bond acceptors (Lipinski definition) is 3. The van der Waals surface area contributed by atoms with E-state index >= 15 is 0 Å². The van der Waals surface area contributed by atoms with E-state index in [0.29, 0.717) is 11.5 Å². The third-order valence-electron chi connectivity index (χ3n) is 6.10. The molecule has 0 radical (unpaired) electrons. The van der Waals surface area contributed by atoms with E-state index < -0.39 is 0 Å². The molecule has 2 aliphatic heterocycles. The first-order valence-electron chi connectivity index (χ1n) is 9.51. The predicted octanol–water partition coefficient (Wildman–Crippen LogP) is 4.21. The molecule has 0 amide bonds. The number of nitrogens with zero attached hydrogens (tertiary/aromatic N) is 1. The maximum Gasteiger partial charge on any atom is 0.168 e. The molecule has 3 fully saturated rings. The molecule has 1 aliphatic carbocycles. The Bertz CT molecular complexity index is 349. The first-order chi connectivity index (χ1) is 10.5. The molecule has 0 aromatic heterocycles. The largest absolute Gasteiger partial charge is 0.347 e. The number of rotatable bonds is 3. The summed E-state index contributed by atoms with van der Waals surface area (Å²) in [6.07, 6.45) is 10.3. The summed E-state index contributed by atoms with van der Waals surface area (Å²) in [5.41, 5.74) is 0.424. The predicted molar refractivity (Wildman–Crippen MR) is 89.9 cm³/mol. The Labute approximate surface area is 136 Å². The second-order valence-electron chi connectivity index (χ2n) is 8.79. The van der Waals surface area contributed by atoms with Crippen LogP contribution in [0.3, 0.4) is 0 Å². The van der Waals surface area contributed by atoms with Crippen molar-refractivity contribution in [2.45, 2.75) is 84.0 Å². The summed E-state index contributed by atoms with van der Waals surface area (Å²) in [5.74, 6) is 0.589. The Hall–Kier alpha value is -0.120. The van der Waals surface area contributed by atoms with Gasteiger partial charge >= 0.3 is 0 Å². The summed E-state index contributed by atoms with van der Waals surface area (Å²) in [5, 5.41) is 0.